The maximum Gasteiger partial charge on any atom is 0.237 e. The predicted octanol–water partition coefficient (Wildman–Crippen LogP) is 0.661. The molecule has 7 heteroatoms. The molecule has 0 bridgehead atoms. The van der Waals surface area contributed by atoms with E-state index in [1.54, 1.807) is 12.1 Å². The Kier molecular flexibility index (Phi) is 5.66. The highest BCUT2D eigenvalue weighted by molar-refractivity contribution is 5.95. The summed E-state index contributed by atoms with van der Waals surface area (Å²) < 4.78 is 11.2. The first-order chi connectivity index (χ1) is 11.7. The van der Waals surface area contributed by atoms with E-state index >= 15 is 0 Å². The molecule has 0 aliphatic carbocycles. The second-order valence-corrected chi connectivity index (χ2v) is 6.02. The quantitative estimate of drug-likeness (QED) is 0.712. The minimum atomic E-state index is -0.465. The van der Waals surface area contributed by atoms with Crippen LogP contribution in [0.2, 0.25) is 0 Å². The van der Waals surface area contributed by atoms with E-state index in [0.717, 1.165) is 25.2 Å². The van der Waals surface area contributed by atoms with Gasteiger partial charge in [-0.3, -0.25) is 9.59 Å². The summed E-state index contributed by atoms with van der Waals surface area (Å²) in [6.45, 7) is 2.64. The van der Waals surface area contributed by atoms with Gasteiger partial charge in [-0.15, -0.1) is 0 Å². The predicted molar refractivity (Wildman–Crippen MR) is 89.0 cm³/mol. The van der Waals surface area contributed by atoms with Crippen LogP contribution in [-0.2, 0) is 14.3 Å². The van der Waals surface area contributed by atoms with Crippen molar-refractivity contribution in [2.24, 2.45) is 0 Å². The molecule has 2 saturated heterocycles. The Morgan fingerprint density at radius 3 is 2.83 bits per heavy atom. The number of piperazine rings is 1. The van der Waals surface area contributed by atoms with Crippen molar-refractivity contribution >= 4 is 17.5 Å². The van der Waals surface area contributed by atoms with Crippen molar-refractivity contribution < 1.29 is 19.1 Å². The smallest absolute Gasteiger partial charge is 0.237 e. The lowest BCUT2D eigenvalue weighted by Gasteiger charge is -2.22. The van der Waals surface area contributed by atoms with Crippen molar-refractivity contribution in [3.8, 4) is 5.75 Å². The zero-order valence-electron chi connectivity index (χ0n) is 13.5. The normalized spacial score (nSPS) is 23.6. The number of anilines is 1. The fourth-order valence-corrected chi connectivity index (χ4v) is 2.81. The van der Waals surface area contributed by atoms with Gasteiger partial charge in [0.1, 0.15) is 12.4 Å². The Morgan fingerprint density at radius 1 is 1.29 bits per heavy atom. The van der Waals surface area contributed by atoms with Crippen LogP contribution in [0.15, 0.2) is 24.3 Å². The van der Waals surface area contributed by atoms with Gasteiger partial charge in [0.2, 0.25) is 11.8 Å². The van der Waals surface area contributed by atoms with Gasteiger partial charge in [-0.2, -0.15) is 0 Å². The summed E-state index contributed by atoms with van der Waals surface area (Å²) in [6, 6.07) is 6.74. The molecule has 0 aromatic heterocycles. The van der Waals surface area contributed by atoms with Crippen LogP contribution >= 0.6 is 0 Å². The molecule has 2 atom stereocenters. The number of hydrogen-bond acceptors (Lipinski definition) is 5. The fraction of sp³-hybridized carbons (Fsp3) is 0.529. The number of amides is 2. The summed E-state index contributed by atoms with van der Waals surface area (Å²) in [5.41, 5.74) is 0.681. The van der Waals surface area contributed by atoms with Crippen molar-refractivity contribution in [3.63, 3.8) is 0 Å². The lowest BCUT2D eigenvalue weighted by Crippen LogP contribution is -2.53. The standard InChI is InChI=1S/C17H23N3O4/c21-16(10-15-17(22)19-8-7-18-15)20-12-3-5-13(6-4-12)24-11-14-2-1-9-23-14/h3-6,14-15,18H,1-2,7-11H2,(H,19,22)(H,20,21). The van der Waals surface area contributed by atoms with Crippen molar-refractivity contribution in [1.82, 2.24) is 10.6 Å². The minimum absolute atomic E-state index is 0.114. The number of ether oxygens (including phenoxy) is 2. The van der Waals surface area contributed by atoms with E-state index in [2.05, 4.69) is 16.0 Å². The first-order valence-corrected chi connectivity index (χ1v) is 8.36. The number of benzene rings is 1. The zero-order valence-corrected chi connectivity index (χ0v) is 13.5. The Hall–Kier alpha value is -2.12. The fourth-order valence-electron chi connectivity index (χ4n) is 2.81. The maximum atomic E-state index is 12.0. The SMILES string of the molecule is O=C(CC1NCCNC1=O)Nc1ccc(OCC2CCCO2)cc1. The highest BCUT2D eigenvalue weighted by atomic mass is 16.5. The van der Waals surface area contributed by atoms with Crippen LogP contribution in [0.1, 0.15) is 19.3 Å². The molecule has 2 aliphatic rings. The summed E-state index contributed by atoms with van der Waals surface area (Å²) in [5.74, 6) is 0.420. The molecule has 2 unspecified atom stereocenters. The molecule has 1 aromatic carbocycles. The molecule has 24 heavy (non-hydrogen) atoms. The molecule has 0 spiro atoms. The monoisotopic (exact) mass is 333 g/mol. The van der Waals surface area contributed by atoms with Gasteiger partial charge >= 0.3 is 0 Å². The topological polar surface area (TPSA) is 88.7 Å². The van der Waals surface area contributed by atoms with Crippen LogP contribution in [0.5, 0.6) is 5.75 Å². The van der Waals surface area contributed by atoms with Gasteiger partial charge < -0.3 is 25.4 Å². The molecular weight excluding hydrogens is 310 g/mol. The van der Waals surface area contributed by atoms with Gasteiger partial charge in [0.05, 0.1) is 18.6 Å². The molecule has 2 amide bonds. The summed E-state index contributed by atoms with van der Waals surface area (Å²) >= 11 is 0. The molecule has 0 radical (unpaired) electrons. The van der Waals surface area contributed by atoms with Crippen LogP contribution < -0.4 is 20.7 Å². The van der Waals surface area contributed by atoms with Crippen molar-refractivity contribution in [2.75, 3.05) is 31.6 Å². The van der Waals surface area contributed by atoms with E-state index < -0.39 is 6.04 Å². The molecule has 0 saturated carbocycles. The van der Waals surface area contributed by atoms with Crippen LogP contribution in [0.3, 0.4) is 0 Å². The molecule has 1 aromatic rings. The summed E-state index contributed by atoms with van der Waals surface area (Å²) in [4.78, 5) is 23.7. The second-order valence-electron chi connectivity index (χ2n) is 6.02. The average Bonchev–Trinajstić information content (AvgIpc) is 3.10. The third-order valence-electron chi connectivity index (χ3n) is 4.12. The van der Waals surface area contributed by atoms with E-state index in [4.69, 9.17) is 9.47 Å². The van der Waals surface area contributed by atoms with Gasteiger partial charge in [-0.05, 0) is 37.1 Å². The van der Waals surface area contributed by atoms with Crippen LogP contribution in [0, 0.1) is 0 Å². The van der Waals surface area contributed by atoms with Crippen LogP contribution in [0.4, 0.5) is 5.69 Å². The van der Waals surface area contributed by atoms with Crippen molar-refractivity contribution in [1.29, 1.82) is 0 Å². The number of rotatable bonds is 6. The molecule has 7 nitrogen and oxygen atoms in total. The van der Waals surface area contributed by atoms with E-state index in [0.29, 0.717) is 25.4 Å². The number of carbonyl (C=O) groups is 2. The minimum Gasteiger partial charge on any atom is -0.491 e. The Labute approximate surface area is 141 Å². The molecule has 130 valence electrons. The van der Waals surface area contributed by atoms with E-state index in [1.807, 2.05) is 12.1 Å². The highest BCUT2D eigenvalue weighted by Gasteiger charge is 2.24. The first-order valence-electron chi connectivity index (χ1n) is 8.36. The lowest BCUT2D eigenvalue weighted by atomic mass is 10.1. The number of hydrogen-bond donors (Lipinski definition) is 3. The molecule has 2 aliphatic heterocycles. The zero-order chi connectivity index (χ0) is 16.8. The van der Waals surface area contributed by atoms with E-state index in [9.17, 15) is 9.59 Å². The van der Waals surface area contributed by atoms with Crippen molar-refractivity contribution in [3.05, 3.63) is 24.3 Å². The first kappa shape index (κ1) is 16.7. The Bertz CT molecular complexity index is 570. The Balaban J connectivity index is 1.44. The highest BCUT2D eigenvalue weighted by Crippen LogP contribution is 2.18. The lowest BCUT2D eigenvalue weighted by molar-refractivity contribution is -0.127. The summed E-state index contributed by atoms with van der Waals surface area (Å²) in [6.07, 6.45) is 2.42. The van der Waals surface area contributed by atoms with Crippen LogP contribution in [-0.4, -0.2) is 50.3 Å². The van der Waals surface area contributed by atoms with Gasteiger partial charge in [-0.1, -0.05) is 0 Å². The summed E-state index contributed by atoms with van der Waals surface area (Å²) in [7, 11) is 0. The van der Waals surface area contributed by atoms with Gasteiger partial charge in [-0.25, -0.2) is 0 Å². The van der Waals surface area contributed by atoms with Gasteiger partial charge in [0.15, 0.2) is 0 Å². The van der Waals surface area contributed by atoms with E-state index in [-0.39, 0.29) is 24.3 Å². The number of carbonyl (C=O) groups excluding carboxylic acids is 2. The van der Waals surface area contributed by atoms with Crippen molar-refractivity contribution in [2.45, 2.75) is 31.4 Å². The average molecular weight is 333 g/mol. The van der Waals surface area contributed by atoms with Gasteiger partial charge in [0.25, 0.3) is 0 Å². The third-order valence-corrected chi connectivity index (χ3v) is 4.12. The van der Waals surface area contributed by atoms with Crippen LogP contribution in [0.25, 0.3) is 0 Å². The second kappa shape index (κ2) is 8.12. The summed E-state index contributed by atoms with van der Waals surface area (Å²) in [5, 5.41) is 8.57. The maximum absolute atomic E-state index is 12.0. The van der Waals surface area contributed by atoms with Gasteiger partial charge in [0, 0.05) is 25.4 Å². The molecule has 2 heterocycles. The molecule has 2 fully saturated rings. The third kappa shape index (κ3) is 4.69. The molecule has 3 rings (SSSR count). The largest absolute Gasteiger partial charge is 0.491 e. The Morgan fingerprint density at radius 2 is 2.12 bits per heavy atom. The molecule has 3 N–H and O–H groups in total. The number of nitrogens with one attached hydrogen (secondary N) is 3. The molecular formula is C17H23N3O4. The van der Waals surface area contributed by atoms with E-state index in [1.165, 1.54) is 0 Å².